The van der Waals surface area contributed by atoms with Crippen LogP contribution in [-0.4, -0.2) is 48.0 Å². The zero-order valence-corrected chi connectivity index (χ0v) is 34.8. The molecule has 5 nitrogen and oxygen atoms in total. The summed E-state index contributed by atoms with van der Waals surface area (Å²) >= 11 is 0. The van der Waals surface area contributed by atoms with Gasteiger partial charge in [-0.25, -0.2) is 8.42 Å². The molecule has 1 atom stereocenters. The van der Waals surface area contributed by atoms with Crippen molar-refractivity contribution in [3.8, 4) is 0 Å². The summed E-state index contributed by atoms with van der Waals surface area (Å²) in [6.07, 6.45) is 32.8. The SMILES string of the molecule is CCCCCCCCCCCCCCc1ccccc1C[N+](C)(Cc1ccccc1CCCCCCCCCCCCCC)CC(O)CS(=O)(=O)[O-]. The molecular formula is C46H79NO4S. The number of aliphatic hydroxyl groups excluding tert-OH is 1. The fraction of sp³-hybridized carbons (Fsp3) is 0.739. The standard InChI is InChI=1S/C46H79NO4S/c1-4-6-8-10-12-14-16-18-20-22-24-26-32-42-34-28-30-36-44(42)38-47(3,40-46(48)41-52(49,50)51)39-45-37-31-29-35-43(45)33-27-25-23-21-19-17-15-13-11-9-7-5-2/h28-31,34-37,46,48H,4-27,32-33,38-41H2,1-3H3. The fourth-order valence-electron chi connectivity index (χ4n) is 8.03. The third-order valence-electron chi connectivity index (χ3n) is 11.0. The molecule has 0 heterocycles. The Balaban J connectivity index is 1.93. The Kier molecular flexibility index (Phi) is 25.6. The van der Waals surface area contributed by atoms with Gasteiger partial charge in [0.2, 0.25) is 0 Å². The van der Waals surface area contributed by atoms with Gasteiger partial charge in [0.25, 0.3) is 0 Å². The van der Waals surface area contributed by atoms with E-state index in [1.807, 2.05) is 0 Å². The van der Waals surface area contributed by atoms with Gasteiger partial charge in [-0.3, -0.25) is 0 Å². The normalized spacial score (nSPS) is 12.8. The first-order chi connectivity index (χ1) is 25.2. The number of hydrogen-bond donors (Lipinski definition) is 1. The van der Waals surface area contributed by atoms with Gasteiger partial charge in [0, 0.05) is 11.1 Å². The second kappa shape index (κ2) is 28.7. The number of likely N-dealkylation sites (N-methyl/N-ethyl adjacent to an activating group) is 1. The Morgan fingerprint density at radius 3 is 1.12 bits per heavy atom. The molecule has 0 aromatic heterocycles. The fourth-order valence-corrected chi connectivity index (χ4v) is 8.61. The van der Waals surface area contributed by atoms with Crippen LogP contribution < -0.4 is 0 Å². The van der Waals surface area contributed by atoms with Gasteiger partial charge in [-0.05, 0) is 36.8 Å². The summed E-state index contributed by atoms with van der Waals surface area (Å²) in [4.78, 5) is 0. The average Bonchev–Trinajstić information content (AvgIpc) is 3.09. The predicted molar refractivity (Wildman–Crippen MR) is 221 cm³/mol. The van der Waals surface area contributed by atoms with E-state index >= 15 is 0 Å². The number of aryl methyl sites for hydroxylation is 2. The molecule has 2 rings (SSSR count). The van der Waals surface area contributed by atoms with E-state index in [-0.39, 0.29) is 6.54 Å². The van der Waals surface area contributed by atoms with Crippen LogP contribution in [0.25, 0.3) is 0 Å². The van der Waals surface area contributed by atoms with Crippen LogP contribution in [0.5, 0.6) is 0 Å². The quantitative estimate of drug-likeness (QED) is 0.0440. The molecular weight excluding hydrogens is 663 g/mol. The number of rotatable bonds is 34. The van der Waals surface area contributed by atoms with Crippen LogP contribution in [0, 0.1) is 0 Å². The van der Waals surface area contributed by atoms with Crippen LogP contribution in [0.15, 0.2) is 48.5 Å². The number of hydrogen-bond acceptors (Lipinski definition) is 4. The molecule has 0 aliphatic rings. The van der Waals surface area contributed by atoms with E-state index in [4.69, 9.17) is 0 Å². The van der Waals surface area contributed by atoms with Crippen molar-refractivity contribution in [1.29, 1.82) is 0 Å². The van der Waals surface area contributed by atoms with Gasteiger partial charge >= 0.3 is 0 Å². The van der Waals surface area contributed by atoms with Crippen LogP contribution in [0.3, 0.4) is 0 Å². The molecule has 52 heavy (non-hydrogen) atoms. The number of benzene rings is 2. The van der Waals surface area contributed by atoms with Crippen molar-refractivity contribution in [2.45, 2.75) is 200 Å². The first kappa shape index (κ1) is 46.4. The molecule has 0 amide bonds. The highest BCUT2D eigenvalue weighted by Gasteiger charge is 2.29. The molecule has 0 aliphatic heterocycles. The average molecular weight is 742 g/mol. The summed E-state index contributed by atoms with van der Waals surface area (Å²) < 4.78 is 35.3. The van der Waals surface area contributed by atoms with Gasteiger partial charge < -0.3 is 14.1 Å². The van der Waals surface area contributed by atoms with Crippen LogP contribution >= 0.6 is 0 Å². The highest BCUT2D eigenvalue weighted by atomic mass is 32.2. The lowest BCUT2D eigenvalue weighted by molar-refractivity contribution is -0.938. The maximum absolute atomic E-state index is 11.6. The molecule has 0 saturated carbocycles. The van der Waals surface area contributed by atoms with Crippen molar-refractivity contribution in [2.24, 2.45) is 0 Å². The van der Waals surface area contributed by atoms with Gasteiger partial charge in [-0.15, -0.1) is 0 Å². The highest BCUT2D eigenvalue weighted by Crippen LogP contribution is 2.25. The van der Waals surface area contributed by atoms with Crippen molar-refractivity contribution < 1.29 is 22.6 Å². The lowest BCUT2D eigenvalue weighted by atomic mass is 9.97. The second-order valence-electron chi connectivity index (χ2n) is 16.3. The van der Waals surface area contributed by atoms with Gasteiger partial charge in [0.15, 0.2) is 0 Å². The molecule has 0 radical (unpaired) electrons. The summed E-state index contributed by atoms with van der Waals surface area (Å²) in [5.41, 5.74) is 5.19. The van der Waals surface area contributed by atoms with Crippen LogP contribution in [-0.2, 0) is 36.0 Å². The van der Waals surface area contributed by atoms with Crippen molar-refractivity contribution in [1.82, 2.24) is 0 Å². The highest BCUT2D eigenvalue weighted by molar-refractivity contribution is 7.85. The summed E-state index contributed by atoms with van der Waals surface area (Å²) in [5.74, 6) is -0.748. The minimum Gasteiger partial charge on any atom is -0.748 e. The maximum Gasteiger partial charge on any atom is 0.116 e. The molecule has 2 aromatic rings. The minimum atomic E-state index is -4.53. The smallest absolute Gasteiger partial charge is 0.116 e. The van der Waals surface area contributed by atoms with Crippen molar-refractivity contribution in [3.63, 3.8) is 0 Å². The van der Waals surface area contributed by atoms with E-state index in [1.54, 1.807) is 0 Å². The molecule has 0 bridgehead atoms. The molecule has 1 unspecified atom stereocenters. The number of aliphatic hydroxyl groups is 1. The summed E-state index contributed by atoms with van der Waals surface area (Å²) in [6.45, 7) is 6.12. The third-order valence-corrected chi connectivity index (χ3v) is 11.8. The Morgan fingerprint density at radius 1 is 0.519 bits per heavy atom. The number of unbranched alkanes of at least 4 members (excludes halogenated alkanes) is 22. The Hall–Kier alpha value is -1.73. The lowest BCUT2D eigenvalue weighted by Crippen LogP contribution is -2.49. The molecule has 2 aromatic carbocycles. The second-order valence-corrected chi connectivity index (χ2v) is 17.8. The lowest BCUT2D eigenvalue weighted by Gasteiger charge is -2.37. The first-order valence-corrected chi connectivity index (χ1v) is 23.3. The molecule has 6 heteroatoms. The Bertz CT molecular complexity index is 1190. The molecule has 298 valence electrons. The van der Waals surface area contributed by atoms with Crippen molar-refractivity contribution in [2.75, 3.05) is 19.3 Å². The monoisotopic (exact) mass is 742 g/mol. The molecule has 0 aliphatic carbocycles. The minimum absolute atomic E-state index is 0.210. The summed E-state index contributed by atoms with van der Waals surface area (Å²) in [6, 6.07) is 17.3. The molecule has 1 N–H and O–H groups in total. The Labute approximate surface area is 321 Å². The van der Waals surface area contributed by atoms with Crippen LogP contribution in [0.4, 0.5) is 0 Å². The third kappa shape index (κ3) is 23.1. The Morgan fingerprint density at radius 2 is 0.808 bits per heavy atom. The van der Waals surface area contributed by atoms with Crippen LogP contribution in [0.1, 0.15) is 190 Å². The van der Waals surface area contributed by atoms with Crippen molar-refractivity contribution >= 4 is 10.1 Å². The van der Waals surface area contributed by atoms with Gasteiger partial charge in [0.05, 0.1) is 22.9 Å². The van der Waals surface area contributed by atoms with E-state index in [1.165, 1.54) is 164 Å². The van der Waals surface area contributed by atoms with E-state index in [0.717, 1.165) is 25.7 Å². The van der Waals surface area contributed by atoms with E-state index in [9.17, 15) is 18.1 Å². The number of nitrogens with zero attached hydrogens (tertiary/aromatic N) is 1. The largest absolute Gasteiger partial charge is 0.748 e. The summed E-state index contributed by atoms with van der Waals surface area (Å²) in [7, 11) is -2.42. The number of quaternary nitrogens is 1. The van der Waals surface area contributed by atoms with E-state index in [0.29, 0.717) is 17.6 Å². The van der Waals surface area contributed by atoms with E-state index in [2.05, 4.69) is 69.4 Å². The van der Waals surface area contributed by atoms with Gasteiger partial charge in [0.1, 0.15) is 25.7 Å². The van der Waals surface area contributed by atoms with Gasteiger partial charge in [-0.2, -0.15) is 0 Å². The predicted octanol–water partition coefficient (Wildman–Crippen LogP) is 12.2. The van der Waals surface area contributed by atoms with E-state index < -0.39 is 22.0 Å². The summed E-state index contributed by atoms with van der Waals surface area (Å²) in [5, 5.41) is 10.9. The zero-order chi connectivity index (χ0) is 37.8. The zero-order valence-electron chi connectivity index (χ0n) is 33.9. The topological polar surface area (TPSA) is 77.4 Å². The molecule has 0 fully saturated rings. The molecule has 0 saturated heterocycles. The first-order valence-electron chi connectivity index (χ1n) is 21.7. The van der Waals surface area contributed by atoms with Crippen LogP contribution in [0.2, 0.25) is 0 Å². The van der Waals surface area contributed by atoms with Crippen molar-refractivity contribution in [3.05, 3.63) is 70.8 Å². The maximum atomic E-state index is 11.6. The van der Waals surface area contributed by atoms with Gasteiger partial charge in [-0.1, -0.05) is 204 Å². The molecule has 0 spiro atoms.